The summed E-state index contributed by atoms with van der Waals surface area (Å²) in [6.07, 6.45) is 0.114. The minimum absolute atomic E-state index is 0.0234. The Morgan fingerprint density at radius 1 is 0.912 bits per heavy atom. The molecule has 0 aliphatic rings. The molecular weight excluding hydrogens is 458 g/mol. The molecule has 0 saturated carbocycles. The zero-order chi connectivity index (χ0) is 24.3. The van der Waals surface area contributed by atoms with Crippen LogP contribution in [0.15, 0.2) is 66.0 Å². The summed E-state index contributed by atoms with van der Waals surface area (Å²) in [5.74, 6) is -2.45. The molecule has 1 heterocycles. The Balaban J connectivity index is 1.44. The number of carboxylic acid groups (broad SMARTS) is 1. The van der Waals surface area contributed by atoms with Crippen molar-refractivity contribution in [1.29, 1.82) is 0 Å². The Morgan fingerprint density at radius 3 is 2.21 bits per heavy atom. The van der Waals surface area contributed by atoms with E-state index in [-0.39, 0.29) is 17.2 Å². The number of hydrogen-bond donors (Lipinski definition) is 5. The van der Waals surface area contributed by atoms with Crippen molar-refractivity contribution in [2.24, 2.45) is 0 Å². The first-order chi connectivity index (χ1) is 16.4. The van der Waals surface area contributed by atoms with Gasteiger partial charge in [-0.15, -0.1) is 11.3 Å². The number of nitrogens with one attached hydrogen (secondary N) is 4. The number of aliphatic carboxylic acids is 1. The molecule has 34 heavy (non-hydrogen) atoms. The smallest absolute Gasteiger partial charge is 0.326 e. The summed E-state index contributed by atoms with van der Waals surface area (Å²) in [5, 5.41) is 21.0. The number of nitrogens with zero attached hydrogens (tertiary/aromatic N) is 1. The van der Waals surface area contributed by atoms with Crippen molar-refractivity contribution in [2.75, 3.05) is 11.9 Å². The Hall–Kier alpha value is -4.25. The van der Waals surface area contributed by atoms with Gasteiger partial charge >= 0.3 is 12.0 Å². The molecule has 0 bridgehead atoms. The van der Waals surface area contributed by atoms with E-state index in [1.54, 1.807) is 24.3 Å². The van der Waals surface area contributed by atoms with Crippen molar-refractivity contribution >= 4 is 40.3 Å². The molecule has 4 amide bonds. The van der Waals surface area contributed by atoms with Gasteiger partial charge in [0.05, 0.1) is 6.54 Å². The van der Waals surface area contributed by atoms with E-state index in [4.69, 9.17) is 0 Å². The highest BCUT2D eigenvalue weighted by Crippen LogP contribution is 2.15. The first-order valence-corrected chi connectivity index (χ1v) is 11.2. The largest absolute Gasteiger partial charge is 0.480 e. The Kier molecular flexibility index (Phi) is 8.69. The highest BCUT2D eigenvalue weighted by molar-refractivity contribution is 7.14. The van der Waals surface area contributed by atoms with Gasteiger partial charge in [0.1, 0.15) is 11.7 Å². The maximum absolute atomic E-state index is 12.3. The van der Waals surface area contributed by atoms with Gasteiger partial charge in [-0.05, 0) is 11.1 Å². The lowest BCUT2D eigenvalue weighted by atomic mass is 10.1. The van der Waals surface area contributed by atoms with E-state index >= 15 is 0 Å². The molecule has 0 saturated heterocycles. The fraction of sp³-hybridized carbons (Fsp3) is 0.174. The topological polar surface area (TPSA) is 150 Å². The van der Waals surface area contributed by atoms with Crippen molar-refractivity contribution < 1.29 is 24.3 Å². The Morgan fingerprint density at radius 2 is 1.56 bits per heavy atom. The van der Waals surface area contributed by atoms with Crippen LogP contribution in [0.3, 0.4) is 0 Å². The summed E-state index contributed by atoms with van der Waals surface area (Å²) in [4.78, 5) is 51.9. The van der Waals surface area contributed by atoms with E-state index in [0.29, 0.717) is 6.54 Å². The Bertz CT molecular complexity index is 1140. The highest BCUT2D eigenvalue weighted by Gasteiger charge is 2.21. The number of amides is 4. The van der Waals surface area contributed by atoms with Gasteiger partial charge < -0.3 is 21.1 Å². The fourth-order valence-corrected chi connectivity index (χ4v) is 3.59. The number of hydrogen-bond acceptors (Lipinski definition) is 6. The molecule has 0 aliphatic heterocycles. The molecule has 3 rings (SSSR count). The van der Waals surface area contributed by atoms with Crippen LogP contribution in [-0.4, -0.2) is 46.5 Å². The number of benzene rings is 2. The lowest BCUT2D eigenvalue weighted by Gasteiger charge is -2.14. The number of anilines is 1. The van der Waals surface area contributed by atoms with Crippen LogP contribution in [0, 0.1) is 0 Å². The second kappa shape index (κ2) is 12.1. The highest BCUT2D eigenvalue weighted by atomic mass is 32.1. The molecule has 0 spiro atoms. The third-order valence-corrected chi connectivity index (χ3v) is 5.34. The third kappa shape index (κ3) is 7.71. The van der Waals surface area contributed by atoms with E-state index in [1.165, 1.54) is 5.38 Å². The SMILES string of the molecule is O=C(CNC(=O)c1csc(NC(=O)NCc2ccccc2)n1)NC(Cc1ccccc1)C(=O)O. The van der Waals surface area contributed by atoms with Crippen molar-refractivity contribution in [1.82, 2.24) is 20.9 Å². The van der Waals surface area contributed by atoms with Crippen molar-refractivity contribution in [3.05, 3.63) is 82.9 Å². The number of carboxylic acids is 1. The molecule has 0 fully saturated rings. The number of rotatable bonds is 10. The minimum Gasteiger partial charge on any atom is -0.480 e. The van der Waals surface area contributed by atoms with Crippen LogP contribution in [0.1, 0.15) is 21.6 Å². The van der Waals surface area contributed by atoms with E-state index in [2.05, 4.69) is 26.3 Å². The predicted octanol–water partition coefficient (Wildman–Crippen LogP) is 2.01. The zero-order valence-electron chi connectivity index (χ0n) is 18.0. The Labute approximate surface area is 199 Å². The summed E-state index contributed by atoms with van der Waals surface area (Å²) in [5.41, 5.74) is 1.72. The molecule has 11 heteroatoms. The zero-order valence-corrected chi connectivity index (χ0v) is 18.8. The van der Waals surface area contributed by atoms with Crippen LogP contribution in [0.4, 0.5) is 9.93 Å². The second-order valence-corrected chi connectivity index (χ2v) is 8.02. The summed E-state index contributed by atoms with van der Waals surface area (Å²) < 4.78 is 0. The number of carbonyl (C=O) groups is 4. The van der Waals surface area contributed by atoms with Gasteiger partial charge in [-0.1, -0.05) is 60.7 Å². The number of aromatic nitrogens is 1. The van der Waals surface area contributed by atoms with Crippen LogP contribution in [0.5, 0.6) is 0 Å². The molecule has 1 unspecified atom stereocenters. The first-order valence-electron chi connectivity index (χ1n) is 10.3. The maximum atomic E-state index is 12.3. The third-order valence-electron chi connectivity index (χ3n) is 4.58. The van der Waals surface area contributed by atoms with Gasteiger partial charge in [0.2, 0.25) is 5.91 Å². The molecule has 176 valence electrons. The van der Waals surface area contributed by atoms with Crippen molar-refractivity contribution in [3.8, 4) is 0 Å². The van der Waals surface area contributed by atoms with Gasteiger partial charge in [-0.3, -0.25) is 14.9 Å². The lowest BCUT2D eigenvalue weighted by Crippen LogP contribution is -2.46. The van der Waals surface area contributed by atoms with E-state index in [9.17, 15) is 24.3 Å². The second-order valence-electron chi connectivity index (χ2n) is 7.16. The normalized spacial score (nSPS) is 11.2. The molecule has 0 radical (unpaired) electrons. The number of urea groups is 1. The molecular formula is C23H23N5O5S. The standard InChI is InChI=1S/C23H23N5O5S/c29-19(26-17(21(31)32)11-15-7-3-1-4-8-15)13-24-20(30)18-14-34-23(27-18)28-22(33)25-12-16-9-5-2-6-10-16/h1-10,14,17H,11-13H2,(H,24,30)(H,26,29)(H,31,32)(H2,25,27,28,33). The molecule has 3 aromatic rings. The van der Waals surface area contributed by atoms with Gasteiger partial charge in [-0.25, -0.2) is 14.6 Å². The predicted molar refractivity (Wildman–Crippen MR) is 126 cm³/mol. The van der Waals surface area contributed by atoms with Crippen molar-refractivity contribution in [2.45, 2.75) is 19.0 Å². The van der Waals surface area contributed by atoms with Crippen LogP contribution < -0.4 is 21.3 Å². The quantitative estimate of drug-likeness (QED) is 0.299. The van der Waals surface area contributed by atoms with Crippen LogP contribution in [0.25, 0.3) is 0 Å². The average Bonchev–Trinajstić information content (AvgIpc) is 3.30. The van der Waals surface area contributed by atoms with Crippen LogP contribution >= 0.6 is 11.3 Å². The summed E-state index contributed by atoms with van der Waals surface area (Å²) in [7, 11) is 0. The van der Waals surface area contributed by atoms with E-state index in [1.807, 2.05) is 36.4 Å². The molecule has 5 N–H and O–H groups in total. The van der Waals surface area contributed by atoms with E-state index < -0.39 is 36.4 Å². The van der Waals surface area contributed by atoms with E-state index in [0.717, 1.165) is 22.5 Å². The van der Waals surface area contributed by atoms with Gasteiger partial charge in [0.25, 0.3) is 5.91 Å². The molecule has 1 aromatic heterocycles. The molecule has 10 nitrogen and oxygen atoms in total. The maximum Gasteiger partial charge on any atom is 0.326 e. The van der Waals surface area contributed by atoms with Gasteiger partial charge in [-0.2, -0.15) is 0 Å². The summed E-state index contributed by atoms with van der Waals surface area (Å²) in [6.45, 7) is -0.0859. The van der Waals surface area contributed by atoms with Gasteiger partial charge in [0, 0.05) is 18.3 Å². The molecule has 2 aromatic carbocycles. The fourth-order valence-electron chi connectivity index (χ4n) is 2.90. The average molecular weight is 482 g/mol. The lowest BCUT2D eigenvalue weighted by molar-refractivity contribution is -0.141. The minimum atomic E-state index is -1.18. The van der Waals surface area contributed by atoms with Crippen LogP contribution in [0.2, 0.25) is 0 Å². The van der Waals surface area contributed by atoms with Crippen molar-refractivity contribution in [3.63, 3.8) is 0 Å². The van der Waals surface area contributed by atoms with Gasteiger partial charge in [0.15, 0.2) is 5.13 Å². The monoisotopic (exact) mass is 481 g/mol. The molecule has 0 aliphatic carbocycles. The first kappa shape index (κ1) is 24.4. The molecule has 1 atom stereocenters. The number of thiazole rings is 1. The summed E-state index contributed by atoms with van der Waals surface area (Å²) >= 11 is 1.06. The number of carbonyl (C=O) groups excluding carboxylic acids is 3. The van der Waals surface area contributed by atoms with Crippen LogP contribution in [-0.2, 0) is 22.6 Å². The summed E-state index contributed by atoms with van der Waals surface area (Å²) in [6, 6.07) is 16.7.